The van der Waals surface area contributed by atoms with Crippen LogP contribution in [0.15, 0.2) is 47.4 Å². The van der Waals surface area contributed by atoms with Crippen LogP contribution in [0.4, 0.5) is 13.2 Å². The van der Waals surface area contributed by atoms with Crippen molar-refractivity contribution >= 4 is 10.0 Å². The molecule has 0 aliphatic carbocycles. The summed E-state index contributed by atoms with van der Waals surface area (Å²) >= 11 is 0. The van der Waals surface area contributed by atoms with Gasteiger partial charge in [0.15, 0.2) is 11.5 Å². The maximum Gasteiger partial charge on any atom is 0.573 e. The molecule has 2 aromatic rings. The average molecular weight is 444 g/mol. The van der Waals surface area contributed by atoms with E-state index in [0.29, 0.717) is 31.1 Å². The van der Waals surface area contributed by atoms with E-state index >= 15 is 0 Å². The highest BCUT2D eigenvalue weighted by molar-refractivity contribution is 7.89. The summed E-state index contributed by atoms with van der Waals surface area (Å²) < 4.78 is 79.5. The minimum atomic E-state index is -4.98. The van der Waals surface area contributed by atoms with Crippen molar-refractivity contribution in [3.8, 4) is 17.2 Å². The Labute approximate surface area is 171 Å². The molecule has 0 atom stereocenters. The van der Waals surface area contributed by atoms with Crippen molar-refractivity contribution in [1.82, 2.24) is 9.21 Å². The van der Waals surface area contributed by atoms with E-state index in [1.54, 1.807) is 0 Å². The number of alkyl halides is 3. The summed E-state index contributed by atoms with van der Waals surface area (Å²) in [5.74, 6) is 0.636. The second-order valence-corrected chi connectivity index (χ2v) is 8.77. The fourth-order valence-corrected chi connectivity index (χ4v) is 4.97. The van der Waals surface area contributed by atoms with Gasteiger partial charge in [0.2, 0.25) is 16.8 Å². The van der Waals surface area contributed by atoms with Crippen LogP contribution in [0, 0.1) is 0 Å². The first-order chi connectivity index (χ1) is 14.2. The molecule has 1 fully saturated rings. The van der Waals surface area contributed by atoms with Crippen molar-refractivity contribution in [2.45, 2.75) is 17.8 Å². The van der Waals surface area contributed by atoms with Crippen molar-refractivity contribution in [3.63, 3.8) is 0 Å². The van der Waals surface area contributed by atoms with Gasteiger partial charge in [-0.3, -0.25) is 4.90 Å². The molecule has 0 aromatic heterocycles. The summed E-state index contributed by atoms with van der Waals surface area (Å²) in [6, 6.07) is 10.4. The van der Waals surface area contributed by atoms with Crippen molar-refractivity contribution in [1.29, 1.82) is 0 Å². The number of sulfonamides is 1. The minimum absolute atomic E-state index is 0.160. The van der Waals surface area contributed by atoms with Crippen molar-refractivity contribution < 1.29 is 35.8 Å². The molecule has 7 nitrogen and oxygen atoms in total. The lowest BCUT2D eigenvalue weighted by molar-refractivity contribution is -0.275. The summed E-state index contributed by atoms with van der Waals surface area (Å²) in [4.78, 5) is 1.58. The fraction of sp³-hybridized carbons (Fsp3) is 0.368. The number of rotatable bonds is 5. The van der Waals surface area contributed by atoms with E-state index in [1.165, 1.54) is 16.4 Å². The second kappa shape index (κ2) is 7.97. The average Bonchev–Trinajstić information content (AvgIpc) is 3.15. The molecule has 0 unspecified atom stereocenters. The van der Waals surface area contributed by atoms with Gasteiger partial charge in [-0.1, -0.05) is 18.2 Å². The lowest BCUT2D eigenvalue weighted by Gasteiger charge is -2.34. The number of halogens is 3. The van der Waals surface area contributed by atoms with E-state index in [0.717, 1.165) is 17.7 Å². The molecule has 2 aliphatic heterocycles. The van der Waals surface area contributed by atoms with Crippen LogP contribution in [-0.2, 0) is 16.6 Å². The molecule has 0 N–H and O–H groups in total. The molecule has 2 aromatic carbocycles. The van der Waals surface area contributed by atoms with Gasteiger partial charge in [0.1, 0.15) is 10.6 Å². The number of benzene rings is 2. The smallest absolute Gasteiger partial charge is 0.454 e. The molecule has 30 heavy (non-hydrogen) atoms. The van der Waals surface area contributed by atoms with Crippen LogP contribution in [0.5, 0.6) is 17.2 Å². The van der Waals surface area contributed by atoms with E-state index in [1.807, 2.05) is 18.2 Å². The Morgan fingerprint density at radius 1 is 0.967 bits per heavy atom. The van der Waals surface area contributed by atoms with Gasteiger partial charge in [0.05, 0.1) is 0 Å². The van der Waals surface area contributed by atoms with Crippen LogP contribution in [-0.4, -0.2) is 57.0 Å². The normalized spacial score (nSPS) is 17.8. The number of para-hydroxylation sites is 1. The molecule has 2 aliphatic rings. The Hall–Kier alpha value is -2.50. The molecular weight excluding hydrogens is 425 g/mol. The van der Waals surface area contributed by atoms with Gasteiger partial charge in [0, 0.05) is 32.7 Å². The number of piperazine rings is 1. The third kappa shape index (κ3) is 4.47. The van der Waals surface area contributed by atoms with Crippen molar-refractivity contribution in [3.05, 3.63) is 48.0 Å². The predicted molar refractivity (Wildman–Crippen MR) is 99.7 cm³/mol. The minimum Gasteiger partial charge on any atom is -0.454 e. The van der Waals surface area contributed by atoms with Crippen molar-refractivity contribution in [2.24, 2.45) is 0 Å². The maximum atomic E-state index is 12.9. The van der Waals surface area contributed by atoms with Gasteiger partial charge in [-0.15, -0.1) is 13.2 Å². The summed E-state index contributed by atoms with van der Waals surface area (Å²) in [5, 5.41) is 0. The summed E-state index contributed by atoms with van der Waals surface area (Å²) in [5.41, 5.74) is 1.000. The molecule has 4 rings (SSSR count). The Morgan fingerprint density at radius 2 is 1.67 bits per heavy atom. The quantitative estimate of drug-likeness (QED) is 0.707. The monoisotopic (exact) mass is 444 g/mol. The zero-order valence-electron chi connectivity index (χ0n) is 15.8. The Balaban J connectivity index is 1.42. The molecule has 2 heterocycles. The Bertz CT molecular complexity index is 1020. The first-order valence-electron chi connectivity index (χ1n) is 9.18. The SMILES string of the molecule is O=S(=O)(c1ccccc1OC(F)(F)F)N1CCN(Cc2ccc3c(c2)OCO3)CC1. The molecule has 0 spiro atoms. The molecule has 0 radical (unpaired) electrons. The third-order valence-electron chi connectivity index (χ3n) is 4.87. The highest BCUT2D eigenvalue weighted by atomic mass is 32.2. The lowest BCUT2D eigenvalue weighted by atomic mass is 10.2. The Kier molecular flexibility index (Phi) is 5.51. The van der Waals surface area contributed by atoms with Crippen LogP contribution < -0.4 is 14.2 Å². The lowest BCUT2D eigenvalue weighted by Crippen LogP contribution is -2.48. The topological polar surface area (TPSA) is 68.3 Å². The van der Waals surface area contributed by atoms with Crippen LogP contribution >= 0.6 is 0 Å². The summed E-state index contributed by atoms with van der Waals surface area (Å²) in [7, 11) is -4.12. The van der Waals surface area contributed by atoms with E-state index in [2.05, 4.69) is 9.64 Å². The molecule has 162 valence electrons. The number of fused-ring (bicyclic) bond motifs is 1. The van der Waals surface area contributed by atoms with E-state index in [4.69, 9.17) is 9.47 Å². The van der Waals surface area contributed by atoms with E-state index in [-0.39, 0.29) is 19.9 Å². The molecule has 0 amide bonds. The maximum absolute atomic E-state index is 12.9. The van der Waals surface area contributed by atoms with Gasteiger partial charge >= 0.3 is 6.36 Å². The first-order valence-corrected chi connectivity index (χ1v) is 10.6. The van der Waals surface area contributed by atoms with E-state index in [9.17, 15) is 21.6 Å². The zero-order chi connectivity index (χ0) is 21.4. The van der Waals surface area contributed by atoms with Crippen molar-refractivity contribution in [2.75, 3.05) is 33.0 Å². The van der Waals surface area contributed by atoms with E-state index < -0.39 is 27.0 Å². The highest BCUT2D eigenvalue weighted by Crippen LogP contribution is 2.34. The number of nitrogens with zero attached hydrogens (tertiary/aromatic N) is 2. The van der Waals surface area contributed by atoms with Gasteiger partial charge < -0.3 is 14.2 Å². The number of hydrogen-bond acceptors (Lipinski definition) is 6. The highest BCUT2D eigenvalue weighted by Gasteiger charge is 2.36. The Morgan fingerprint density at radius 3 is 2.40 bits per heavy atom. The first kappa shape index (κ1) is 20.8. The van der Waals surface area contributed by atoms with Crippen LogP contribution in [0.25, 0.3) is 0 Å². The number of hydrogen-bond donors (Lipinski definition) is 0. The van der Waals surface area contributed by atoms with Crippen LogP contribution in [0.3, 0.4) is 0 Å². The molecule has 1 saturated heterocycles. The number of ether oxygens (including phenoxy) is 3. The third-order valence-corrected chi connectivity index (χ3v) is 6.81. The largest absolute Gasteiger partial charge is 0.573 e. The predicted octanol–water partition coefficient (Wildman–Crippen LogP) is 2.82. The zero-order valence-corrected chi connectivity index (χ0v) is 16.6. The molecule has 0 saturated carbocycles. The van der Waals surface area contributed by atoms with Gasteiger partial charge in [-0.2, -0.15) is 4.31 Å². The molecular formula is C19H19F3N2O5S. The molecule has 11 heteroatoms. The molecule has 0 bridgehead atoms. The fourth-order valence-electron chi connectivity index (χ4n) is 3.44. The van der Waals surface area contributed by atoms with Gasteiger partial charge in [0.25, 0.3) is 0 Å². The van der Waals surface area contributed by atoms with Crippen LogP contribution in [0.2, 0.25) is 0 Å². The van der Waals surface area contributed by atoms with Crippen LogP contribution in [0.1, 0.15) is 5.56 Å². The second-order valence-electron chi connectivity index (χ2n) is 6.86. The standard InChI is InChI=1S/C19H19F3N2O5S/c20-19(21,22)29-16-3-1-2-4-18(16)30(25,26)24-9-7-23(8-10-24)12-14-5-6-15-17(11-14)28-13-27-15/h1-6,11H,7-10,12-13H2. The summed E-state index contributed by atoms with van der Waals surface area (Å²) in [6.45, 7) is 1.99. The van der Waals surface area contributed by atoms with Gasteiger partial charge in [-0.25, -0.2) is 8.42 Å². The summed E-state index contributed by atoms with van der Waals surface area (Å²) in [6.07, 6.45) is -4.98. The van der Waals surface area contributed by atoms with Gasteiger partial charge in [-0.05, 0) is 29.8 Å².